The van der Waals surface area contributed by atoms with Gasteiger partial charge in [-0.25, -0.2) is 4.39 Å². The number of hydrogen-bond donors (Lipinski definition) is 1. The van der Waals surface area contributed by atoms with Gasteiger partial charge < -0.3 is 10.0 Å². The number of amides is 1. The Bertz CT molecular complexity index is 608. The third kappa shape index (κ3) is 5.53. The minimum absolute atomic E-state index is 0.0162. The van der Waals surface area contributed by atoms with Gasteiger partial charge in [-0.1, -0.05) is 25.1 Å². The maximum absolute atomic E-state index is 13.8. The first kappa shape index (κ1) is 19.4. The van der Waals surface area contributed by atoms with Crippen molar-refractivity contribution in [1.29, 1.82) is 0 Å². The van der Waals surface area contributed by atoms with Crippen LogP contribution in [-0.2, 0) is 16.0 Å². The van der Waals surface area contributed by atoms with Gasteiger partial charge in [-0.05, 0) is 44.4 Å². The summed E-state index contributed by atoms with van der Waals surface area (Å²) in [5, 5.41) is 8.92. The third-order valence-corrected chi connectivity index (χ3v) is 4.92. The van der Waals surface area contributed by atoms with Crippen molar-refractivity contribution in [3.8, 4) is 0 Å². The zero-order chi connectivity index (χ0) is 18.4. The lowest BCUT2D eigenvalue weighted by atomic mass is 9.99. The highest BCUT2D eigenvalue weighted by molar-refractivity contribution is 5.78. The fourth-order valence-electron chi connectivity index (χ4n) is 3.48. The fourth-order valence-corrected chi connectivity index (χ4v) is 3.48. The fraction of sp³-hybridized carbons (Fsp3) is 0.579. The van der Waals surface area contributed by atoms with E-state index < -0.39 is 5.97 Å². The van der Waals surface area contributed by atoms with Gasteiger partial charge >= 0.3 is 5.97 Å². The Kier molecular flexibility index (Phi) is 6.93. The van der Waals surface area contributed by atoms with Crippen molar-refractivity contribution < 1.29 is 19.1 Å². The molecule has 1 aromatic rings. The molecular weight excluding hydrogens is 323 g/mol. The lowest BCUT2D eigenvalue weighted by Gasteiger charge is -2.26. The summed E-state index contributed by atoms with van der Waals surface area (Å²) in [5.74, 6) is -1.33. The largest absolute Gasteiger partial charge is 0.480 e. The van der Waals surface area contributed by atoms with Gasteiger partial charge in [0.1, 0.15) is 5.82 Å². The van der Waals surface area contributed by atoms with Crippen molar-refractivity contribution in [3.05, 3.63) is 35.6 Å². The minimum Gasteiger partial charge on any atom is -0.480 e. The van der Waals surface area contributed by atoms with E-state index >= 15 is 0 Å². The van der Waals surface area contributed by atoms with Crippen molar-refractivity contribution in [2.24, 2.45) is 5.92 Å². The van der Waals surface area contributed by atoms with Gasteiger partial charge in [0.05, 0.1) is 6.54 Å². The van der Waals surface area contributed by atoms with Crippen LogP contribution in [0.3, 0.4) is 0 Å². The van der Waals surface area contributed by atoms with Gasteiger partial charge in [-0.15, -0.1) is 0 Å². The lowest BCUT2D eigenvalue weighted by Crippen LogP contribution is -2.39. The second-order valence-corrected chi connectivity index (χ2v) is 6.92. The third-order valence-electron chi connectivity index (χ3n) is 4.92. The van der Waals surface area contributed by atoms with Crippen LogP contribution in [0.1, 0.15) is 31.7 Å². The summed E-state index contributed by atoms with van der Waals surface area (Å²) in [6, 6.07) is 6.74. The highest BCUT2D eigenvalue weighted by Gasteiger charge is 2.26. The van der Waals surface area contributed by atoms with Crippen LogP contribution in [-0.4, -0.2) is 59.5 Å². The molecule has 2 atom stereocenters. The highest BCUT2D eigenvalue weighted by atomic mass is 19.1. The highest BCUT2D eigenvalue weighted by Crippen LogP contribution is 2.19. The molecule has 1 aromatic carbocycles. The monoisotopic (exact) mass is 350 g/mol. The second kappa shape index (κ2) is 8.94. The van der Waals surface area contributed by atoms with E-state index in [1.54, 1.807) is 18.2 Å². The predicted molar refractivity (Wildman–Crippen MR) is 93.8 cm³/mol. The molecule has 1 heterocycles. The Morgan fingerprint density at radius 1 is 1.32 bits per heavy atom. The first-order valence-electron chi connectivity index (χ1n) is 8.82. The number of hydrogen-bond acceptors (Lipinski definition) is 3. The van der Waals surface area contributed by atoms with E-state index in [9.17, 15) is 14.0 Å². The average molecular weight is 350 g/mol. The number of carbonyl (C=O) groups excluding carboxylic acids is 1. The van der Waals surface area contributed by atoms with E-state index in [1.807, 2.05) is 23.8 Å². The molecule has 1 N–H and O–H groups in total. The normalized spacial score (nSPS) is 19.5. The molecule has 1 aliphatic heterocycles. The Morgan fingerprint density at radius 3 is 2.72 bits per heavy atom. The van der Waals surface area contributed by atoms with Crippen LogP contribution in [0.15, 0.2) is 24.3 Å². The minimum atomic E-state index is -0.835. The molecule has 2 unspecified atom stereocenters. The smallest absolute Gasteiger partial charge is 0.317 e. The molecule has 1 saturated heterocycles. The quantitative estimate of drug-likeness (QED) is 0.856. The molecule has 5 nitrogen and oxygen atoms in total. The number of nitrogens with zero attached hydrogens (tertiary/aromatic N) is 2. The van der Waals surface area contributed by atoms with E-state index in [-0.39, 0.29) is 30.2 Å². The number of rotatable bonds is 6. The van der Waals surface area contributed by atoms with Crippen molar-refractivity contribution in [2.45, 2.75) is 38.6 Å². The van der Waals surface area contributed by atoms with Gasteiger partial charge in [0.15, 0.2) is 0 Å². The topological polar surface area (TPSA) is 60.9 Å². The predicted octanol–water partition coefficient (Wildman–Crippen LogP) is 2.40. The zero-order valence-electron chi connectivity index (χ0n) is 14.9. The molecule has 2 rings (SSSR count). The molecular formula is C19H27FN2O3. The molecule has 25 heavy (non-hydrogen) atoms. The van der Waals surface area contributed by atoms with E-state index in [1.165, 1.54) is 6.07 Å². The Morgan fingerprint density at radius 2 is 2.04 bits per heavy atom. The Balaban J connectivity index is 1.91. The van der Waals surface area contributed by atoms with E-state index in [0.29, 0.717) is 25.1 Å². The van der Waals surface area contributed by atoms with Gasteiger partial charge in [0.25, 0.3) is 0 Å². The first-order valence-corrected chi connectivity index (χ1v) is 8.82. The summed E-state index contributed by atoms with van der Waals surface area (Å²) >= 11 is 0. The molecule has 0 saturated carbocycles. The molecule has 1 fully saturated rings. The molecule has 0 aromatic heterocycles. The van der Waals surface area contributed by atoms with Crippen LogP contribution in [0.2, 0.25) is 0 Å². The van der Waals surface area contributed by atoms with Gasteiger partial charge in [0, 0.05) is 25.0 Å². The van der Waals surface area contributed by atoms with Crippen LogP contribution < -0.4 is 0 Å². The number of carboxylic acids is 1. The van der Waals surface area contributed by atoms with Crippen LogP contribution in [0.25, 0.3) is 0 Å². The van der Waals surface area contributed by atoms with Crippen LogP contribution in [0.4, 0.5) is 4.39 Å². The SMILES string of the molecule is CC(Cc1ccccc1F)C(=O)N1CCCC(N(C)CC(=O)O)CC1. The van der Waals surface area contributed by atoms with Gasteiger partial charge in [-0.3, -0.25) is 14.5 Å². The average Bonchev–Trinajstić information content (AvgIpc) is 2.81. The summed E-state index contributed by atoms with van der Waals surface area (Å²) in [4.78, 5) is 27.3. The molecule has 0 radical (unpaired) electrons. The molecule has 1 amide bonds. The standard InChI is InChI=1S/C19H27FN2O3/c1-14(12-15-6-3-4-8-17(15)20)19(25)22-10-5-7-16(9-11-22)21(2)13-18(23)24/h3-4,6,8,14,16H,5,7,9-13H2,1-2H3,(H,23,24). The maximum atomic E-state index is 13.8. The summed E-state index contributed by atoms with van der Waals surface area (Å²) < 4.78 is 13.8. The first-order chi connectivity index (χ1) is 11.9. The summed E-state index contributed by atoms with van der Waals surface area (Å²) in [7, 11) is 1.82. The van der Waals surface area contributed by atoms with Crippen LogP contribution >= 0.6 is 0 Å². The second-order valence-electron chi connectivity index (χ2n) is 6.92. The van der Waals surface area contributed by atoms with Crippen LogP contribution in [0, 0.1) is 11.7 Å². The van der Waals surface area contributed by atoms with E-state index in [0.717, 1.165) is 19.3 Å². The zero-order valence-corrected chi connectivity index (χ0v) is 14.9. The van der Waals surface area contributed by atoms with Crippen LogP contribution in [0.5, 0.6) is 0 Å². The molecule has 6 heteroatoms. The number of benzene rings is 1. The number of halogens is 1. The maximum Gasteiger partial charge on any atom is 0.317 e. The Hall–Kier alpha value is -1.95. The molecule has 1 aliphatic rings. The van der Waals surface area contributed by atoms with E-state index in [2.05, 4.69) is 0 Å². The van der Waals surface area contributed by atoms with Gasteiger partial charge in [0.2, 0.25) is 5.91 Å². The van der Waals surface area contributed by atoms with Crippen molar-refractivity contribution in [2.75, 3.05) is 26.7 Å². The van der Waals surface area contributed by atoms with Crippen molar-refractivity contribution >= 4 is 11.9 Å². The summed E-state index contributed by atoms with van der Waals surface area (Å²) in [5.41, 5.74) is 0.567. The molecule has 0 aliphatic carbocycles. The van der Waals surface area contributed by atoms with Crippen molar-refractivity contribution in [3.63, 3.8) is 0 Å². The number of likely N-dealkylation sites (N-methyl/N-ethyl adjacent to an activating group) is 1. The number of carbonyl (C=O) groups is 2. The molecule has 0 spiro atoms. The molecule has 138 valence electrons. The Labute approximate surface area is 148 Å². The molecule has 0 bridgehead atoms. The van der Waals surface area contributed by atoms with E-state index in [4.69, 9.17) is 5.11 Å². The van der Waals surface area contributed by atoms with Crippen molar-refractivity contribution in [1.82, 2.24) is 9.80 Å². The number of likely N-dealkylation sites (tertiary alicyclic amines) is 1. The summed E-state index contributed by atoms with van der Waals surface area (Å²) in [6.45, 7) is 3.16. The summed E-state index contributed by atoms with van der Waals surface area (Å²) in [6.07, 6.45) is 2.90. The van der Waals surface area contributed by atoms with Gasteiger partial charge in [-0.2, -0.15) is 0 Å². The lowest BCUT2D eigenvalue weighted by molar-refractivity contribution is -0.139. The number of aliphatic carboxylic acids is 1. The number of carboxylic acid groups (broad SMARTS) is 1.